The second-order valence-electron chi connectivity index (χ2n) is 2.32. The van der Waals surface area contributed by atoms with E-state index in [1.165, 1.54) is 0 Å². The summed E-state index contributed by atoms with van der Waals surface area (Å²) in [5.74, 6) is 0. The van der Waals surface area contributed by atoms with Gasteiger partial charge in [0.15, 0.2) is 0 Å². The normalized spacial score (nSPS) is 13.3. The average molecular weight is 159 g/mol. The summed E-state index contributed by atoms with van der Waals surface area (Å²) in [6, 6.07) is -0.319. The van der Waals surface area contributed by atoms with Crippen molar-refractivity contribution >= 4 is 0 Å². The zero-order chi connectivity index (χ0) is 8.10. The third-order valence-electron chi connectivity index (χ3n) is 1.31. The smallest absolute Gasteiger partial charge is 0.103 e. The van der Waals surface area contributed by atoms with E-state index in [0.717, 1.165) is 5.69 Å². The van der Waals surface area contributed by atoms with Crippen LogP contribution in [0, 0.1) is 0 Å². The SMILES string of the molecule is NC(COF)Cc1cnc[nH]1. The van der Waals surface area contributed by atoms with Crippen LogP contribution in [0.4, 0.5) is 4.53 Å². The third-order valence-corrected chi connectivity index (χ3v) is 1.31. The zero-order valence-corrected chi connectivity index (χ0v) is 5.96. The molecule has 0 bridgehead atoms. The second kappa shape index (κ2) is 4.05. The van der Waals surface area contributed by atoms with Crippen molar-refractivity contribution in [1.82, 2.24) is 9.97 Å². The molecule has 0 saturated carbocycles. The summed E-state index contributed by atoms with van der Waals surface area (Å²) in [6.07, 6.45) is 3.75. The number of rotatable bonds is 4. The molecule has 1 aromatic rings. The molecule has 5 heteroatoms. The number of nitrogens with zero attached hydrogens (tertiary/aromatic N) is 1. The number of aromatic nitrogens is 2. The van der Waals surface area contributed by atoms with Crippen molar-refractivity contribution < 1.29 is 9.47 Å². The fraction of sp³-hybridized carbons (Fsp3) is 0.500. The first-order valence-electron chi connectivity index (χ1n) is 3.29. The van der Waals surface area contributed by atoms with Gasteiger partial charge in [0.25, 0.3) is 0 Å². The van der Waals surface area contributed by atoms with Crippen LogP contribution in [0.5, 0.6) is 0 Å². The fourth-order valence-corrected chi connectivity index (χ4v) is 0.819. The van der Waals surface area contributed by atoms with E-state index in [9.17, 15) is 4.53 Å². The quantitative estimate of drug-likeness (QED) is 0.658. The van der Waals surface area contributed by atoms with Crippen molar-refractivity contribution in [3.63, 3.8) is 0 Å². The number of hydrogen-bond donors (Lipinski definition) is 2. The number of hydrogen-bond acceptors (Lipinski definition) is 3. The van der Waals surface area contributed by atoms with Crippen LogP contribution in [0.1, 0.15) is 5.69 Å². The Bertz CT molecular complexity index is 190. The average Bonchev–Trinajstić information content (AvgIpc) is 2.40. The van der Waals surface area contributed by atoms with E-state index in [2.05, 4.69) is 14.9 Å². The van der Waals surface area contributed by atoms with Gasteiger partial charge in [0.2, 0.25) is 0 Å². The molecule has 1 aromatic heterocycles. The van der Waals surface area contributed by atoms with Gasteiger partial charge in [0, 0.05) is 24.4 Å². The van der Waals surface area contributed by atoms with Gasteiger partial charge in [0.05, 0.1) is 6.33 Å². The van der Waals surface area contributed by atoms with Crippen LogP contribution in [0.2, 0.25) is 0 Å². The molecule has 0 aliphatic heterocycles. The first-order valence-corrected chi connectivity index (χ1v) is 3.29. The molecule has 0 radical (unpaired) electrons. The summed E-state index contributed by atoms with van der Waals surface area (Å²) in [5, 5.41) is 0. The number of imidazole rings is 1. The topological polar surface area (TPSA) is 63.9 Å². The van der Waals surface area contributed by atoms with Crippen LogP contribution in [-0.4, -0.2) is 22.6 Å². The predicted octanol–water partition coefficient (Wildman–Crippen LogP) is 0.181. The third kappa shape index (κ3) is 2.65. The summed E-state index contributed by atoms with van der Waals surface area (Å²) in [5.41, 5.74) is 6.35. The molecule has 1 unspecified atom stereocenters. The van der Waals surface area contributed by atoms with Gasteiger partial charge in [-0.05, 0) is 4.53 Å². The molecule has 0 spiro atoms. The van der Waals surface area contributed by atoms with Gasteiger partial charge in [-0.25, -0.2) is 4.98 Å². The Morgan fingerprint density at radius 3 is 3.18 bits per heavy atom. The van der Waals surface area contributed by atoms with Gasteiger partial charge in [-0.1, -0.05) is 0 Å². The molecule has 3 N–H and O–H groups in total. The lowest BCUT2D eigenvalue weighted by molar-refractivity contribution is -0.136. The van der Waals surface area contributed by atoms with Crippen molar-refractivity contribution in [1.29, 1.82) is 0 Å². The van der Waals surface area contributed by atoms with Gasteiger partial charge in [0.1, 0.15) is 6.61 Å². The molecule has 0 aliphatic rings. The van der Waals surface area contributed by atoms with Crippen LogP contribution in [0.3, 0.4) is 0 Å². The van der Waals surface area contributed by atoms with Crippen LogP contribution in [0.15, 0.2) is 12.5 Å². The number of nitrogens with two attached hydrogens (primary N) is 1. The summed E-state index contributed by atoms with van der Waals surface area (Å²) < 4.78 is 11.3. The summed E-state index contributed by atoms with van der Waals surface area (Å²) in [7, 11) is 0. The minimum Gasteiger partial charge on any atom is -0.348 e. The zero-order valence-electron chi connectivity index (χ0n) is 5.96. The molecule has 0 amide bonds. The molecular formula is C6H10FN3O. The molecule has 0 aliphatic carbocycles. The van der Waals surface area contributed by atoms with Crippen LogP contribution in [0.25, 0.3) is 0 Å². The Morgan fingerprint density at radius 1 is 1.82 bits per heavy atom. The van der Waals surface area contributed by atoms with Crippen LogP contribution in [-0.2, 0) is 11.4 Å². The van der Waals surface area contributed by atoms with Crippen molar-refractivity contribution in [3.05, 3.63) is 18.2 Å². The first-order chi connectivity index (χ1) is 5.33. The van der Waals surface area contributed by atoms with Gasteiger partial charge >= 0.3 is 0 Å². The summed E-state index contributed by atoms with van der Waals surface area (Å²) >= 11 is 0. The van der Waals surface area contributed by atoms with Crippen molar-refractivity contribution in [2.75, 3.05) is 6.61 Å². The maximum Gasteiger partial charge on any atom is 0.103 e. The fourth-order valence-electron chi connectivity index (χ4n) is 0.819. The van der Waals surface area contributed by atoms with E-state index >= 15 is 0 Å². The van der Waals surface area contributed by atoms with Crippen molar-refractivity contribution in [3.8, 4) is 0 Å². The van der Waals surface area contributed by atoms with Crippen molar-refractivity contribution in [2.24, 2.45) is 5.73 Å². The van der Waals surface area contributed by atoms with Gasteiger partial charge in [-0.15, -0.1) is 0 Å². The highest BCUT2D eigenvalue weighted by Crippen LogP contribution is 1.96. The maximum absolute atomic E-state index is 11.3. The second-order valence-corrected chi connectivity index (χ2v) is 2.32. The molecule has 0 aromatic carbocycles. The minimum absolute atomic E-state index is 0.0843. The minimum atomic E-state index is -0.319. The Labute approximate surface area is 63.5 Å². The molecule has 0 fully saturated rings. The number of H-pyrrole nitrogens is 1. The Balaban J connectivity index is 2.31. The van der Waals surface area contributed by atoms with E-state index in [4.69, 9.17) is 5.73 Å². The number of nitrogens with one attached hydrogen (secondary N) is 1. The van der Waals surface area contributed by atoms with E-state index in [1.54, 1.807) is 12.5 Å². The summed E-state index contributed by atoms with van der Waals surface area (Å²) in [6.45, 7) is -0.0843. The highest BCUT2D eigenvalue weighted by atomic mass is 19.3. The maximum atomic E-state index is 11.3. The van der Waals surface area contributed by atoms with Crippen LogP contribution < -0.4 is 5.73 Å². The van der Waals surface area contributed by atoms with Gasteiger partial charge < -0.3 is 10.7 Å². The Kier molecular flexibility index (Phi) is 3.00. The molecule has 4 nitrogen and oxygen atoms in total. The monoisotopic (exact) mass is 159 g/mol. The molecule has 62 valence electrons. The van der Waals surface area contributed by atoms with Crippen molar-refractivity contribution in [2.45, 2.75) is 12.5 Å². The number of aromatic amines is 1. The first kappa shape index (κ1) is 8.16. The molecule has 11 heavy (non-hydrogen) atoms. The molecule has 1 heterocycles. The van der Waals surface area contributed by atoms with Crippen LogP contribution >= 0.6 is 0 Å². The predicted molar refractivity (Wildman–Crippen MR) is 37.3 cm³/mol. The highest BCUT2D eigenvalue weighted by Gasteiger charge is 2.04. The highest BCUT2D eigenvalue weighted by molar-refractivity contribution is 4.96. The molecular weight excluding hydrogens is 149 g/mol. The van der Waals surface area contributed by atoms with E-state index in [1.807, 2.05) is 0 Å². The Morgan fingerprint density at radius 2 is 2.64 bits per heavy atom. The lowest BCUT2D eigenvalue weighted by Gasteiger charge is -2.04. The van der Waals surface area contributed by atoms with E-state index in [-0.39, 0.29) is 12.6 Å². The van der Waals surface area contributed by atoms with E-state index < -0.39 is 0 Å². The lowest BCUT2D eigenvalue weighted by Crippen LogP contribution is -2.27. The van der Waals surface area contributed by atoms with E-state index in [0.29, 0.717) is 6.42 Å². The standard InChI is InChI=1S/C6H10FN3O/c7-11-3-5(8)1-6-2-9-4-10-6/h2,4-5H,1,3,8H2,(H,9,10). The molecule has 0 saturated heterocycles. The largest absolute Gasteiger partial charge is 0.348 e. The Hall–Kier alpha value is -0.940. The van der Waals surface area contributed by atoms with Gasteiger partial charge in [-0.2, -0.15) is 4.94 Å². The lowest BCUT2D eigenvalue weighted by atomic mass is 10.2. The molecule has 1 rings (SSSR count). The van der Waals surface area contributed by atoms with Gasteiger partial charge in [-0.3, -0.25) is 0 Å². The number of halogens is 1. The molecule has 1 atom stereocenters. The summed E-state index contributed by atoms with van der Waals surface area (Å²) in [4.78, 5) is 10.0.